The maximum Gasteiger partial charge on any atom is 0.250 e. The molecule has 0 radical (unpaired) electrons. The fraction of sp³-hybridized carbons (Fsp3) is 0.217. The highest BCUT2D eigenvalue weighted by Gasteiger charge is 2.38. The van der Waals surface area contributed by atoms with E-state index in [1.807, 2.05) is 36.4 Å². The quantitative estimate of drug-likeness (QED) is 0.849. The number of carbonyl (C=O) groups excluding carboxylic acids is 2. The molecule has 2 atom stereocenters. The topological polar surface area (TPSA) is 58.6 Å². The summed E-state index contributed by atoms with van der Waals surface area (Å²) in [6.45, 7) is 0.388. The zero-order valence-electron chi connectivity index (χ0n) is 16.0. The van der Waals surface area contributed by atoms with E-state index in [4.69, 9.17) is 4.74 Å². The van der Waals surface area contributed by atoms with Crippen LogP contribution in [-0.4, -0.2) is 25.0 Å². The molecule has 0 aromatic heterocycles. The molecule has 5 nitrogen and oxygen atoms in total. The van der Waals surface area contributed by atoms with Crippen LogP contribution in [0.2, 0.25) is 0 Å². The van der Waals surface area contributed by atoms with E-state index in [9.17, 15) is 14.0 Å². The van der Waals surface area contributed by atoms with E-state index in [0.29, 0.717) is 24.2 Å². The van der Waals surface area contributed by atoms with Gasteiger partial charge in [0.2, 0.25) is 5.91 Å². The zero-order chi connectivity index (χ0) is 20.4. The number of nitrogens with zero attached hydrogens (tertiary/aromatic N) is 1. The number of hydrogen-bond acceptors (Lipinski definition) is 3. The summed E-state index contributed by atoms with van der Waals surface area (Å²) in [6, 6.07) is 13.2. The predicted octanol–water partition coefficient (Wildman–Crippen LogP) is 3.37. The highest BCUT2D eigenvalue weighted by atomic mass is 19.1. The number of anilines is 1. The molecular weight excluding hydrogens is 371 g/mol. The Morgan fingerprint density at radius 2 is 2.03 bits per heavy atom. The number of methoxy groups -OCH3 is 1. The molecule has 2 aliphatic rings. The fourth-order valence-corrected chi connectivity index (χ4v) is 3.82. The maximum absolute atomic E-state index is 13.3. The van der Waals surface area contributed by atoms with Crippen LogP contribution in [0.4, 0.5) is 10.1 Å². The van der Waals surface area contributed by atoms with Gasteiger partial charge in [0.25, 0.3) is 5.91 Å². The monoisotopic (exact) mass is 392 g/mol. The number of carbonyl (C=O) groups is 2. The minimum absolute atomic E-state index is 0.0460. The van der Waals surface area contributed by atoms with Gasteiger partial charge in [-0.2, -0.15) is 0 Å². The number of halogens is 1. The maximum atomic E-state index is 13.3. The van der Waals surface area contributed by atoms with Gasteiger partial charge in [0.15, 0.2) is 0 Å². The van der Waals surface area contributed by atoms with Gasteiger partial charge in [-0.1, -0.05) is 24.3 Å². The van der Waals surface area contributed by atoms with Crippen LogP contribution in [0, 0.1) is 11.7 Å². The van der Waals surface area contributed by atoms with Crippen molar-refractivity contribution in [3.8, 4) is 5.75 Å². The van der Waals surface area contributed by atoms with Gasteiger partial charge in [0.05, 0.1) is 13.2 Å². The van der Waals surface area contributed by atoms with E-state index in [1.165, 1.54) is 18.2 Å². The van der Waals surface area contributed by atoms with E-state index >= 15 is 0 Å². The molecule has 148 valence electrons. The molecule has 0 saturated carbocycles. The number of rotatable bonds is 5. The summed E-state index contributed by atoms with van der Waals surface area (Å²) in [5.41, 5.74) is 2.22. The van der Waals surface area contributed by atoms with Crippen LogP contribution in [0.1, 0.15) is 12.0 Å². The zero-order valence-corrected chi connectivity index (χ0v) is 16.0. The third-order valence-electron chi connectivity index (χ3n) is 5.28. The summed E-state index contributed by atoms with van der Waals surface area (Å²) >= 11 is 0. The summed E-state index contributed by atoms with van der Waals surface area (Å²) in [7, 11) is 1.60. The molecule has 1 aliphatic heterocycles. The average molecular weight is 392 g/mol. The molecule has 1 heterocycles. The van der Waals surface area contributed by atoms with E-state index in [0.717, 1.165) is 11.3 Å². The molecule has 0 saturated heterocycles. The van der Waals surface area contributed by atoms with Gasteiger partial charge in [-0.05, 0) is 48.4 Å². The molecule has 2 aromatic rings. The van der Waals surface area contributed by atoms with Crippen molar-refractivity contribution in [2.45, 2.75) is 19.0 Å². The summed E-state index contributed by atoms with van der Waals surface area (Å²) in [4.78, 5) is 26.8. The standard InChI is InChI=1S/C23H21FN2O3/c1-29-20-4-2-3-15(11-20)14-25-23(28)17-12-16-5-10-22(27)26(21(16)13-17)19-8-6-18(24)7-9-19/h2-12,16,21H,13-14H2,1H3,(H,25,28). The van der Waals surface area contributed by atoms with E-state index in [2.05, 4.69) is 5.32 Å². The number of amides is 2. The lowest BCUT2D eigenvalue weighted by molar-refractivity contribution is -0.118. The Kier molecular flexibility index (Phi) is 5.16. The van der Waals surface area contributed by atoms with Gasteiger partial charge in [-0.3, -0.25) is 9.59 Å². The summed E-state index contributed by atoms with van der Waals surface area (Å²) in [6.07, 6.45) is 5.70. The molecule has 2 unspecified atom stereocenters. The van der Waals surface area contributed by atoms with Gasteiger partial charge < -0.3 is 15.0 Å². The Morgan fingerprint density at radius 1 is 1.24 bits per heavy atom. The first-order chi connectivity index (χ1) is 14.0. The van der Waals surface area contributed by atoms with Crippen molar-refractivity contribution >= 4 is 17.5 Å². The fourth-order valence-electron chi connectivity index (χ4n) is 3.82. The second kappa shape index (κ2) is 7.91. The first-order valence-electron chi connectivity index (χ1n) is 9.44. The Morgan fingerprint density at radius 3 is 2.79 bits per heavy atom. The van der Waals surface area contributed by atoms with Crippen LogP contribution in [-0.2, 0) is 16.1 Å². The van der Waals surface area contributed by atoms with Gasteiger partial charge in [-0.25, -0.2) is 4.39 Å². The molecular formula is C23H21FN2O3. The number of fused-ring (bicyclic) bond motifs is 1. The van der Waals surface area contributed by atoms with E-state index < -0.39 is 0 Å². The number of benzene rings is 2. The number of ether oxygens (including phenoxy) is 1. The van der Waals surface area contributed by atoms with Crippen LogP contribution < -0.4 is 15.0 Å². The Bertz CT molecular complexity index is 997. The Balaban J connectivity index is 1.46. The lowest BCUT2D eigenvalue weighted by atomic mass is 9.96. The summed E-state index contributed by atoms with van der Waals surface area (Å²) in [5, 5.41) is 2.94. The average Bonchev–Trinajstić information content (AvgIpc) is 3.17. The number of hydrogen-bond donors (Lipinski definition) is 1. The first kappa shape index (κ1) is 18.9. The second-order valence-electron chi connectivity index (χ2n) is 7.12. The molecule has 6 heteroatoms. The van der Waals surface area contributed by atoms with Crippen molar-refractivity contribution in [3.63, 3.8) is 0 Å². The molecule has 2 amide bonds. The molecule has 4 rings (SSSR count). The minimum atomic E-state index is -0.354. The van der Waals surface area contributed by atoms with Gasteiger partial charge in [-0.15, -0.1) is 0 Å². The normalized spacial score (nSPS) is 20.3. The summed E-state index contributed by atoms with van der Waals surface area (Å²) < 4.78 is 18.5. The van der Waals surface area contributed by atoms with Crippen molar-refractivity contribution in [2.75, 3.05) is 12.0 Å². The molecule has 29 heavy (non-hydrogen) atoms. The third kappa shape index (κ3) is 3.92. The Labute approximate surface area is 168 Å². The molecule has 0 fully saturated rings. The molecule has 0 bridgehead atoms. The van der Waals surface area contributed by atoms with Crippen LogP contribution >= 0.6 is 0 Å². The van der Waals surface area contributed by atoms with Crippen molar-refractivity contribution in [2.24, 2.45) is 5.92 Å². The van der Waals surface area contributed by atoms with Crippen LogP contribution in [0.3, 0.4) is 0 Å². The number of nitrogens with one attached hydrogen (secondary N) is 1. The van der Waals surface area contributed by atoms with Crippen molar-refractivity contribution in [1.29, 1.82) is 0 Å². The molecule has 1 aliphatic carbocycles. The van der Waals surface area contributed by atoms with E-state index in [-0.39, 0.29) is 29.6 Å². The smallest absolute Gasteiger partial charge is 0.250 e. The molecule has 2 aromatic carbocycles. The highest BCUT2D eigenvalue weighted by Crippen LogP contribution is 2.36. The van der Waals surface area contributed by atoms with Gasteiger partial charge in [0, 0.05) is 29.8 Å². The van der Waals surface area contributed by atoms with Crippen LogP contribution in [0.15, 0.2) is 72.3 Å². The van der Waals surface area contributed by atoms with E-state index in [1.54, 1.807) is 24.1 Å². The molecule has 0 spiro atoms. The predicted molar refractivity (Wildman–Crippen MR) is 108 cm³/mol. The van der Waals surface area contributed by atoms with Crippen LogP contribution in [0.5, 0.6) is 5.75 Å². The lowest BCUT2D eigenvalue weighted by Crippen LogP contribution is -2.44. The van der Waals surface area contributed by atoms with Crippen molar-refractivity contribution in [3.05, 3.63) is 83.7 Å². The van der Waals surface area contributed by atoms with Crippen LogP contribution in [0.25, 0.3) is 0 Å². The highest BCUT2D eigenvalue weighted by molar-refractivity contribution is 6.04. The lowest BCUT2D eigenvalue weighted by Gasteiger charge is -2.34. The van der Waals surface area contributed by atoms with Crippen molar-refractivity contribution in [1.82, 2.24) is 5.32 Å². The largest absolute Gasteiger partial charge is 0.497 e. The second-order valence-corrected chi connectivity index (χ2v) is 7.12. The van der Waals surface area contributed by atoms with Gasteiger partial charge >= 0.3 is 0 Å². The summed E-state index contributed by atoms with van der Waals surface area (Å²) in [5.74, 6) is 0.0237. The SMILES string of the molecule is COc1cccc(CNC(=O)C2=CC3C=CC(=O)N(c4ccc(F)cc4)C3C2)c1. The van der Waals surface area contributed by atoms with Gasteiger partial charge in [0.1, 0.15) is 11.6 Å². The molecule has 1 N–H and O–H groups in total. The first-order valence-corrected chi connectivity index (χ1v) is 9.44. The van der Waals surface area contributed by atoms with Crippen molar-refractivity contribution < 1.29 is 18.7 Å². The minimum Gasteiger partial charge on any atom is -0.497 e. The Hall–Kier alpha value is -3.41. The third-order valence-corrected chi connectivity index (χ3v) is 5.28.